The molecule has 0 unspecified atom stereocenters. The van der Waals surface area contributed by atoms with Gasteiger partial charge in [-0.25, -0.2) is 0 Å². The van der Waals surface area contributed by atoms with Crippen LogP contribution in [0.15, 0.2) is 54.9 Å². The molecule has 1 fully saturated rings. The van der Waals surface area contributed by atoms with Crippen molar-refractivity contribution in [2.75, 3.05) is 41.4 Å². The lowest BCUT2D eigenvalue weighted by atomic mass is 10.0. The molecule has 0 aliphatic carbocycles. The van der Waals surface area contributed by atoms with Gasteiger partial charge in [0.2, 0.25) is 11.8 Å². The van der Waals surface area contributed by atoms with Crippen LogP contribution in [0.2, 0.25) is 0 Å². The molecule has 1 saturated heterocycles. The molecule has 3 heterocycles. The summed E-state index contributed by atoms with van der Waals surface area (Å²) in [4.78, 5) is 34.0. The fourth-order valence-electron chi connectivity index (χ4n) is 4.69. The van der Waals surface area contributed by atoms with E-state index in [4.69, 9.17) is 4.74 Å². The third kappa shape index (κ3) is 4.49. The van der Waals surface area contributed by atoms with Crippen LogP contribution in [0.25, 0.3) is 10.8 Å². The second-order valence-electron chi connectivity index (χ2n) is 8.51. The minimum Gasteiger partial charge on any atom is -0.490 e. The predicted octanol–water partition coefficient (Wildman–Crippen LogP) is 4.37. The Hall–Kier alpha value is -3.61. The number of hydrogen-bond acceptors (Lipinski definition) is 5. The van der Waals surface area contributed by atoms with Gasteiger partial charge in [0.1, 0.15) is 12.4 Å². The molecule has 1 N–H and O–H groups in total. The molecule has 0 spiro atoms. The summed E-state index contributed by atoms with van der Waals surface area (Å²) in [7, 11) is 0. The molecule has 2 aliphatic rings. The first kappa shape index (κ1) is 21.2. The molecule has 1 aromatic heterocycles. The van der Waals surface area contributed by atoms with Gasteiger partial charge in [-0.1, -0.05) is 12.1 Å². The van der Waals surface area contributed by atoms with Crippen LogP contribution in [0.5, 0.6) is 5.75 Å². The van der Waals surface area contributed by atoms with Gasteiger partial charge in [0.05, 0.1) is 17.9 Å². The van der Waals surface area contributed by atoms with E-state index in [1.165, 1.54) is 24.9 Å². The largest absolute Gasteiger partial charge is 0.490 e. The molecule has 33 heavy (non-hydrogen) atoms. The van der Waals surface area contributed by atoms with Crippen molar-refractivity contribution in [2.45, 2.75) is 32.1 Å². The molecule has 170 valence electrons. The number of hydrogen-bond donors (Lipinski definition) is 1. The maximum atomic E-state index is 12.8. The first-order valence-electron chi connectivity index (χ1n) is 11.6. The molecule has 0 atom stereocenters. The van der Waals surface area contributed by atoms with Crippen molar-refractivity contribution in [1.29, 1.82) is 0 Å². The first-order valence-corrected chi connectivity index (χ1v) is 11.6. The number of piperidine rings is 1. The number of pyridine rings is 1. The molecule has 2 aliphatic heterocycles. The number of carbonyl (C=O) groups is 2. The first-order chi connectivity index (χ1) is 16.2. The number of carbonyl (C=O) groups excluding carboxylic acids is 2. The number of fused-ring (bicyclic) bond motifs is 2. The third-order valence-corrected chi connectivity index (χ3v) is 6.36. The minimum atomic E-state index is -0.180. The van der Waals surface area contributed by atoms with E-state index >= 15 is 0 Å². The molecule has 5 rings (SSSR count). The normalized spacial score (nSPS) is 15.6. The molecule has 2 aromatic carbocycles. The lowest BCUT2D eigenvalue weighted by Crippen LogP contribution is -2.38. The second-order valence-corrected chi connectivity index (χ2v) is 8.51. The fraction of sp³-hybridized carbons (Fsp3) is 0.346. The predicted molar refractivity (Wildman–Crippen MR) is 130 cm³/mol. The topological polar surface area (TPSA) is 74.8 Å². The van der Waals surface area contributed by atoms with Crippen molar-refractivity contribution in [1.82, 2.24) is 4.98 Å². The molecule has 0 saturated carbocycles. The van der Waals surface area contributed by atoms with Crippen LogP contribution in [0.3, 0.4) is 0 Å². The average molecular weight is 445 g/mol. The summed E-state index contributed by atoms with van der Waals surface area (Å²) in [6.07, 6.45) is 7.53. The quantitative estimate of drug-likeness (QED) is 0.633. The Morgan fingerprint density at radius 1 is 0.909 bits per heavy atom. The van der Waals surface area contributed by atoms with Gasteiger partial charge < -0.3 is 19.9 Å². The molecule has 2 amide bonds. The van der Waals surface area contributed by atoms with Gasteiger partial charge in [0.25, 0.3) is 0 Å². The summed E-state index contributed by atoms with van der Waals surface area (Å²) in [5, 5.41) is 5.01. The molecule has 0 bridgehead atoms. The Labute approximate surface area is 193 Å². The Balaban J connectivity index is 1.27. The zero-order valence-corrected chi connectivity index (χ0v) is 18.6. The van der Waals surface area contributed by atoms with E-state index in [1.807, 2.05) is 36.4 Å². The van der Waals surface area contributed by atoms with Crippen molar-refractivity contribution in [3.8, 4) is 5.75 Å². The summed E-state index contributed by atoms with van der Waals surface area (Å²) < 4.78 is 5.62. The van der Waals surface area contributed by atoms with Gasteiger partial charge >= 0.3 is 0 Å². The minimum absolute atomic E-state index is 0.0760. The third-order valence-electron chi connectivity index (χ3n) is 6.36. The standard InChI is InChI=1S/C26H28N4O3/c31-25(10-11-26(32)30-16-17-33-24-7-3-2-6-23(24)30)28-21-8-9-22(29-14-4-1-5-15-29)19-12-13-27-18-20(19)21/h2-3,6-9,12-13,18H,1,4-5,10-11,14-17H2,(H,28,31). The lowest BCUT2D eigenvalue weighted by Gasteiger charge is -2.30. The maximum absolute atomic E-state index is 12.8. The number of ether oxygens (including phenoxy) is 1. The Morgan fingerprint density at radius 3 is 2.64 bits per heavy atom. The highest BCUT2D eigenvalue weighted by molar-refractivity contribution is 6.07. The Morgan fingerprint density at radius 2 is 1.76 bits per heavy atom. The van der Waals surface area contributed by atoms with E-state index in [9.17, 15) is 9.59 Å². The van der Waals surface area contributed by atoms with E-state index in [0.29, 0.717) is 18.9 Å². The Kier molecular flexibility index (Phi) is 6.11. The number of aromatic nitrogens is 1. The van der Waals surface area contributed by atoms with E-state index < -0.39 is 0 Å². The molecule has 3 aromatic rings. The molecular formula is C26H28N4O3. The van der Waals surface area contributed by atoms with Crippen molar-refractivity contribution < 1.29 is 14.3 Å². The van der Waals surface area contributed by atoms with Gasteiger partial charge in [-0.3, -0.25) is 14.6 Å². The highest BCUT2D eigenvalue weighted by Crippen LogP contribution is 2.34. The number of amides is 2. The number of para-hydroxylation sites is 2. The van der Waals surface area contributed by atoms with E-state index in [1.54, 1.807) is 17.3 Å². The van der Waals surface area contributed by atoms with Crippen LogP contribution >= 0.6 is 0 Å². The van der Waals surface area contributed by atoms with Crippen LogP contribution in [0, 0.1) is 0 Å². The summed E-state index contributed by atoms with van der Waals surface area (Å²) in [5.74, 6) is 0.447. The van der Waals surface area contributed by atoms with Crippen molar-refractivity contribution in [2.24, 2.45) is 0 Å². The van der Waals surface area contributed by atoms with Crippen LogP contribution in [0.4, 0.5) is 17.1 Å². The number of nitrogens with zero attached hydrogens (tertiary/aromatic N) is 3. The summed E-state index contributed by atoms with van der Waals surface area (Å²) in [6, 6.07) is 13.5. The Bertz CT molecular complexity index is 1170. The highest BCUT2D eigenvalue weighted by atomic mass is 16.5. The highest BCUT2D eigenvalue weighted by Gasteiger charge is 2.24. The van der Waals surface area contributed by atoms with Gasteiger partial charge in [-0.05, 0) is 49.6 Å². The van der Waals surface area contributed by atoms with Crippen molar-refractivity contribution >= 4 is 39.6 Å². The summed E-state index contributed by atoms with van der Waals surface area (Å²) in [5.41, 5.74) is 2.68. The number of benzene rings is 2. The maximum Gasteiger partial charge on any atom is 0.227 e. The van der Waals surface area contributed by atoms with Gasteiger partial charge in [-0.15, -0.1) is 0 Å². The van der Waals surface area contributed by atoms with Crippen molar-refractivity contribution in [3.63, 3.8) is 0 Å². The smallest absolute Gasteiger partial charge is 0.227 e. The van der Waals surface area contributed by atoms with Gasteiger partial charge in [-0.2, -0.15) is 0 Å². The monoisotopic (exact) mass is 444 g/mol. The van der Waals surface area contributed by atoms with Crippen LogP contribution in [-0.2, 0) is 9.59 Å². The van der Waals surface area contributed by atoms with E-state index in [0.717, 1.165) is 35.2 Å². The molecule has 7 nitrogen and oxygen atoms in total. The van der Waals surface area contributed by atoms with E-state index in [-0.39, 0.29) is 24.7 Å². The number of anilines is 3. The SMILES string of the molecule is O=C(CCC(=O)N1CCOc2ccccc21)Nc1ccc(N2CCCCC2)c2ccncc12. The van der Waals surface area contributed by atoms with Gasteiger partial charge in [0.15, 0.2) is 0 Å². The number of nitrogens with one attached hydrogen (secondary N) is 1. The van der Waals surface area contributed by atoms with Crippen LogP contribution < -0.4 is 19.9 Å². The lowest BCUT2D eigenvalue weighted by molar-refractivity contribution is -0.122. The number of rotatable bonds is 5. The zero-order valence-electron chi connectivity index (χ0n) is 18.6. The summed E-state index contributed by atoms with van der Waals surface area (Å²) in [6.45, 7) is 3.05. The molecular weight excluding hydrogens is 416 g/mol. The van der Waals surface area contributed by atoms with Crippen molar-refractivity contribution in [3.05, 3.63) is 54.9 Å². The zero-order chi connectivity index (χ0) is 22.6. The molecule has 0 radical (unpaired) electrons. The molecule has 7 heteroatoms. The van der Waals surface area contributed by atoms with E-state index in [2.05, 4.69) is 21.3 Å². The fourth-order valence-corrected chi connectivity index (χ4v) is 4.69. The summed E-state index contributed by atoms with van der Waals surface area (Å²) >= 11 is 0. The van der Waals surface area contributed by atoms with Crippen LogP contribution in [0.1, 0.15) is 32.1 Å². The second kappa shape index (κ2) is 9.48. The average Bonchev–Trinajstić information content (AvgIpc) is 2.87. The van der Waals surface area contributed by atoms with Crippen LogP contribution in [-0.4, -0.2) is 43.0 Å². The van der Waals surface area contributed by atoms with Gasteiger partial charge in [0, 0.05) is 54.8 Å².